The van der Waals surface area contributed by atoms with E-state index in [9.17, 15) is 5.11 Å². The maximum absolute atomic E-state index is 11.1. The SMILES string of the molecule is CC1=C(C)C(c2cc(C)ccc2-c2cc(C)cc(C(C)C)c2O)C(C)=C1C. The van der Waals surface area contributed by atoms with Gasteiger partial charge in [-0.1, -0.05) is 54.8 Å². The molecule has 0 atom stereocenters. The number of allylic oxidation sites excluding steroid dienone is 4. The van der Waals surface area contributed by atoms with Gasteiger partial charge in [0.15, 0.2) is 0 Å². The molecule has 3 rings (SSSR count). The minimum absolute atomic E-state index is 0.289. The van der Waals surface area contributed by atoms with Gasteiger partial charge in [0, 0.05) is 11.5 Å². The molecular formula is C26H32O. The van der Waals surface area contributed by atoms with Gasteiger partial charge in [-0.05, 0) is 86.9 Å². The Labute approximate surface area is 164 Å². The molecule has 0 radical (unpaired) electrons. The lowest BCUT2D eigenvalue weighted by Crippen LogP contribution is -2.03. The van der Waals surface area contributed by atoms with Crippen LogP contribution in [0.25, 0.3) is 11.1 Å². The molecule has 0 heterocycles. The maximum atomic E-state index is 11.1. The highest BCUT2D eigenvalue weighted by atomic mass is 16.3. The van der Waals surface area contributed by atoms with Gasteiger partial charge in [0.05, 0.1) is 0 Å². The van der Waals surface area contributed by atoms with E-state index in [0.29, 0.717) is 11.7 Å². The number of aromatic hydroxyl groups is 1. The lowest BCUT2D eigenvalue weighted by atomic mass is 9.82. The zero-order valence-electron chi connectivity index (χ0n) is 18.0. The maximum Gasteiger partial charge on any atom is 0.126 e. The molecule has 0 aliphatic heterocycles. The summed E-state index contributed by atoms with van der Waals surface area (Å²) in [6, 6.07) is 10.9. The Morgan fingerprint density at radius 3 is 1.89 bits per heavy atom. The number of phenolic OH excluding ortho intramolecular Hbond substituents is 1. The molecule has 1 aliphatic rings. The second-order valence-corrected chi connectivity index (χ2v) is 8.54. The highest BCUT2D eigenvalue weighted by Crippen LogP contribution is 2.48. The van der Waals surface area contributed by atoms with Gasteiger partial charge in [0.25, 0.3) is 0 Å². The van der Waals surface area contributed by atoms with Crippen LogP contribution < -0.4 is 0 Å². The van der Waals surface area contributed by atoms with E-state index in [4.69, 9.17) is 0 Å². The summed E-state index contributed by atoms with van der Waals surface area (Å²) in [5, 5.41) is 11.1. The minimum atomic E-state index is 0.289. The summed E-state index contributed by atoms with van der Waals surface area (Å²) in [5.41, 5.74) is 12.5. The first-order valence-electron chi connectivity index (χ1n) is 9.93. The van der Waals surface area contributed by atoms with Gasteiger partial charge in [-0.2, -0.15) is 0 Å². The molecule has 0 amide bonds. The van der Waals surface area contributed by atoms with Crippen LogP contribution in [0.4, 0.5) is 0 Å². The summed E-state index contributed by atoms with van der Waals surface area (Å²) >= 11 is 0. The fourth-order valence-electron chi connectivity index (χ4n) is 4.43. The van der Waals surface area contributed by atoms with Crippen LogP contribution in [0.3, 0.4) is 0 Å². The van der Waals surface area contributed by atoms with E-state index in [1.165, 1.54) is 39.0 Å². The number of rotatable bonds is 3. The average Bonchev–Trinajstić information content (AvgIpc) is 2.80. The minimum Gasteiger partial charge on any atom is -0.507 e. The normalized spacial score (nSPS) is 15.4. The molecule has 2 aromatic carbocycles. The number of aryl methyl sites for hydroxylation is 2. The van der Waals surface area contributed by atoms with Crippen molar-refractivity contribution in [3.8, 4) is 16.9 Å². The summed E-state index contributed by atoms with van der Waals surface area (Å²) < 4.78 is 0. The van der Waals surface area contributed by atoms with E-state index in [1.807, 2.05) is 0 Å². The Morgan fingerprint density at radius 2 is 1.33 bits per heavy atom. The van der Waals surface area contributed by atoms with Crippen molar-refractivity contribution in [3.63, 3.8) is 0 Å². The number of hydrogen-bond acceptors (Lipinski definition) is 1. The van der Waals surface area contributed by atoms with Crippen LogP contribution in [-0.2, 0) is 0 Å². The van der Waals surface area contributed by atoms with E-state index in [2.05, 4.69) is 85.7 Å². The van der Waals surface area contributed by atoms with Crippen LogP contribution in [0.15, 0.2) is 52.6 Å². The van der Waals surface area contributed by atoms with Crippen molar-refractivity contribution in [2.75, 3.05) is 0 Å². The quantitative estimate of drug-likeness (QED) is 0.598. The van der Waals surface area contributed by atoms with E-state index in [-0.39, 0.29) is 5.92 Å². The van der Waals surface area contributed by atoms with E-state index in [1.54, 1.807) is 0 Å². The largest absolute Gasteiger partial charge is 0.507 e. The third-order valence-electron chi connectivity index (χ3n) is 6.33. The van der Waals surface area contributed by atoms with Gasteiger partial charge in [-0.25, -0.2) is 0 Å². The molecule has 0 unspecified atom stereocenters. The fourth-order valence-corrected chi connectivity index (χ4v) is 4.43. The Kier molecular flexibility index (Phi) is 5.08. The van der Waals surface area contributed by atoms with Crippen molar-refractivity contribution in [1.82, 2.24) is 0 Å². The zero-order chi connectivity index (χ0) is 20.0. The topological polar surface area (TPSA) is 20.2 Å². The molecule has 0 bridgehead atoms. The first kappa shape index (κ1) is 19.5. The number of phenols is 1. The lowest BCUT2D eigenvalue weighted by Gasteiger charge is -2.23. The molecule has 142 valence electrons. The van der Waals surface area contributed by atoms with Crippen LogP contribution >= 0.6 is 0 Å². The summed E-state index contributed by atoms with van der Waals surface area (Å²) in [6.07, 6.45) is 0. The Morgan fingerprint density at radius 1 is 0.741 bits per heavy atom. The van der Waals surface area contributed by atoms with Crippen LogP contribution in [0.2, 0.25) is 0 Å². The van der Waals surface area contributed by atoms with Crippen LogP contribution in [0, 0.1) is 13.8 Å². The van der Waals surface area contributed by atoms with Crippen LogP contribution in [0.5, 0.6) is 5.75 Å². The number of benzene rings is 2. The second-order valence-electron chi connectivity index (χ2n) is 8.54. The second kappa shape index (κ2) is 7.03. The Hall–Kier alpha value is -2.28. The van der Waals surface area contributed by atoms with Crippen molar-refractivity contribution >= 4 is 0 Å². The van der Waals surface area contributed by atoms with Gasteiger partial charge in [-0.3, -0.25) is 0 Å². The van der Waals surface area contributed by atoms with Gasteiger partial charge >= 0.3 is 0 Å². The van der Waals surface area contributed by atoms with Gasteiger partial charge in [0.2, 0.25) is 0 Å². The zero-order valence-corrected chi connectivity index (χ0v) is 18.0. The Balaban J connectivity index is 2.30. The van der Waals surface area contributed by atoms with Crippen molar-refractivity contribution in [2.45, 2.75) is 67.2 Å². The van der Waals surface area contributed by atoms with Crippen molar-refractivity contribution in [3.05, 3.63) is 74.9 Å². The molecule has 0 fully saturated rings. The molecule has 1 aliphatic carbocycles. The molecule has 27 heavy (non-hydrogen) atoms. The van der Waals surface area contributed by atoms with Crippen molar-refractivity contribution < 1.29 is 5.11 Å². The van der Waals surface area contributed by atoms with Gasteiger partial charge in [-0.15, -0.1) is 0 Å². The Bertz CT molecular complexity index is 946. The molecule has 2 aromatic rings. The molecule has 1 N–H and O–H groups in total. The summed E-state index contributed by atoms with van der Waals surface area (Å²) in [7, 11) is 0. The van der Waals surface area contributed by atoms with Crippen molar-refractivity contribution in [2.24, 2.45) is 0 Å². The third kappa shape index (κ3) is 3.25. The van der Waals surface area contributed by atoms with Gasteiger partial charge in [0.1, 0.15) is 5.75 Å². The monoisotopic (exact) mass is 360 g/mol. The first-order valence-corrected chi connectivity index (χ1v) is 9.93. The number of hydrogen-bond donors (Lipinski definition) is 1. The standard InChI is InChI=1S/C26H32O/c1-14(2)22-12-16(4)13-24(26(22)27)21-10-9-15(3)11-23(21)25-19(7)17(5)18(6)20(25)8/h9-14,25,27H,1-8H3. The molecule has 0 spiro atoms. The molecule has 0 aromatic heterocycles. The first-order chi connectivity index (χ1) is 12.6. The predicted octanol–water partition coefficient (Wildman–Crippen LogP) is 7.57. The molecular weight excluding hydrogens is 328 g/mol. The highest BCUT2D eigenvalue weighted by molar-refractivity contribution is 5.78. The molecule has 0 saturated heterocycles. The summed E-state index contributed by atoms with van der Waals surface area (Å²) in [5.74, 6) is 1.01. The van der Waals surface area contributed by atoms with E-state index in [0.717, 1.165) is 16.7 Å². The smallest absolute Gasteiger partial charge is 0.126 e. The van der Waals surface area contributed by atoms with Crippen LogP contribution in [-0.4, -0.2) is 5.11 Å². The van der Waals surface area contributed by atoms with E-state index < -0.39 is 0 Å². The van der Waals surface area contributed by atoms with Crippen LogP contribution in [0.1, 0.15) is 75.6 Å². The third-order valence-corrected chi connectivity index (χ3v) is 6.33. The average molecular weight is 361 g/mol. The molecule has 0 saturated carbocycles. The molecule has 1 nitrogen and oxygen atoms in total. The van der Waals surface area contributed by atoms with Crippen molar-refractivity contribution in [1.29, 1.82) is 0 Å². The fraction of sp³-hybridized carbons (Fsp3) is 0.385. The summed E-state index contributed by atoms with van der Waals surface area (Å²) in [4.78, 5) is 0. The van der Waals surface area contributed by atoms with Gasteiger partial charge < -0.3 is 5.11 Å². The molecule has 1 heteroatoms. The predicted molar refractivity (Wildman–Crippen MR) is 117 cm³/mol. The highest BCUT2D eigenvalue weighted by Gasteiger charge is 2.29. The lowest BCUT2D eigenvalue weighted by molar-refractivity contribution is 0.466. The van der Waals surface area contributed by atoms with E-state index >= 15 is 0 Å². The summed E-state index contributed by atoms with van der Waals surface area (Å²) in [6.45, 7) is 17.5.